The zero-order chi connectivity index (χ0) is 21.3. The summed E-state index contributed by atoms with van der Waals surface area (Å²) in [6, 6.07) is 18.8. The van der Waals surface area contributed by atoms with Crippen molar-refractivity contribution in [3.63, 3.8) is 0 Å². The summed E-state index contributed by atoms with van der Waals surface area (Å²) in [5.74, 6) is 1.73. The average molecular weight is 416 g/mol. The van der Waals surface area contributed by atoms with E-state index in [2.05, 4.69) is 83.8 Å². The van der Waals surface area contributed by atoms with Crippen LogP contribution in [-0.2, 0) is 6.54 Å². The van der Waals surface area contributed by atoms with Crippen LogP contribution in [0.3, 0.4) is 0 Å². The number of hydrogen-bond donors (Lipinski definition) is 2. The molecule has 1 aliphatic rings. The first-order valence-corrected chi connectivity index (χ1v) is 10.7. The predicted octanol–water partition coefficient (Wildman–Crippen LogP) is 2.88. The lowest BCUT2D eigenvalue weighted by Crippen LogP contribution is -2.52. The lowest BCUT2D eigenvalue weighted by atomic mass is 10.1. The number of rotatable bonds is 6. The summed E-state index contributed by atoms with van der Waals surface area (Å²) < 4.78 is 0. The predicted molar refractivity (Wildman–Crippen MR) is 126 cm³/mol. The second-order valence-corrected chi connectivity index (χ2v) is 7.54. The van der Waals surface area contributed by atoms with Crippen LogP contribution in [0.1, 0.15) is 11.1 Å². The molecule has 2 heterocycles. The van der Waals surface area contributed by atoms with Crippen molar-refractivity contribution in [2.24, 2.45) is 4.99 Å². The second-order valence-electron chi connectivity index (χ2n) is 7.54. The van der Waals surface area contributed by atoms with Crippen LogP contribution >= 0.6 is 0 Å². The Labute approximate surface area is 183 Å². The molecule has 0 amide bonds. The highest BCUT2D eigenvalue weighted by Crippen LogP contribution is 2.15. The molecule has 2 N–H and O–H groups in total. The number of H-pyrrole nitrogens is 1. The minimum Gasteiger partial charge on any atom is -0.352 e. The van der Waals surface area contributed by atoms with E-state index >= 15 is 0 Å². The Morgan fingerprint density at radius 1 is 1.10 bits per heavy atom. The molecule has 7 nitrogen and oxygen atoms in total. The molecular formula is C24H29N7. The van der Waals surface area contributed by atoms with Gasteiger partial charge in [0.1, 0.15) is 6.33 Å². The van der Waals surface area contributed by atoms with Crippen LogP contribution in [-0.4, -0.2) is 70.7 Å². The number of guanidine groups is 1. The fraction of sp³-hybridized carbons (Fsp3) is 0.292. The van der Waals surface area contributed by atoms with Gasteiger partial charge in [-0.2, -0.15) is 5.10 Å². The van der Waals surface area contributed by atoms with Crippen LogP contribution in [0.2, 0.25) is 0 Å². The number of aromatic amines is 1. The fourth-order valence-electron chi connectivity index (χ4n) is 3.73. The van der Waals surface area contributed by atoms with Crippen LogP contribution in [0.15, 0.2) is 72.0 Å². The van der Waals surface area contributed by atoms with Crippen LogP contribution < -0.4 is 5.32 Å². The molecule has 1 fully saturated rings. The Morgan fingerprint density at radius 3 is 2.68 bits per heavy atom. The standard InChI is InChI=1S/C24H29N7/c1-25-24(26-18-21-9-5-11-22(17-21)23-27-19-28-29-23)31-15-13-30(14-16-31)12-6-10-20-7-3-2-4-8-20/h2-11,17,19H,12-16,18H2,1H3,(H,25,26)(H,27,28,29)/b10-6+. The first-order valence-electron chi connectivity index (χ1n) is 10.7. The van der Waals surface area contributed by atoms with Crippen molar-refractivity contribution in [1.29, 1.82) is 0 Å². The van der Waals surface area contributed by atoms with E-state index in [1.54, 1.807) is 0 Å². The summed E-state index contributed by atoms with van der Waals surface area (Å²) in [4.78, 5) is 13.5. The molecule has 0 radical (unpaired) electrons. The molecule has 4 rings (SSSR count). The van der Waals surface area contributed by atoms with E-state index in [9.17, 15) is 0 Å². The van der Waals surface area contributed by atoms with Crippen molar-refractivity contribution in [2.45, 2.75) is 6.54 Å². The molecule has 3 aromatic rings. The van der Waals surface area contributed by atoms with E-state index in [1.807, 2.05) is 25.2 Å². The number of aliphatic imine (C=N–C) groups is 1. The van der Waals surface area contributed by atoms with Crippen molar-refractivity contribution in [3.05, 3.63) is 78.1 Å². The number of nitrogens with zero attached hydrogens (tertiary/aromatic N) is 5. The normalized spacial score (nSPS) is 15.5. The van der Waals surface area contributed by atoms with Gasteiger partial charge in [0.2, 0.25) is 0 Å². The molecular weight excluding hydrogens is 386 g/mol. The van der Waals surface area contributed by atoms with Crippen molar-refractivity contribution in [3.8, 4) is 11.4 Å². The lowest BCUT2D eigenvalue weighted by molar-refractivity contribution is 0.194. The second kappa shape index (κ2) is 10.5. The molecule has 0 saturated carbocycles. The molecule has 0 aliphatic carbocycles. The highest BCUT2D eigenvalue weighted by atomic mass is 15.3. The Kier molecular flexibility index (Phi) is 7.08. The molecule has 0 unspecified atom stereocenters. The van der Waals surface area contributed by atoms with E-state index in [4.69, 9.17) is 0 Å². The monoisotopic (exact) mass is 415 g/mol. The van der Waals surface area contributed by atoms with E-state index in [0.29, 0.717) is 6.54 Å². The zero-order valence-electron chi connectivity index (χ0n) is 17.9. The Balaban J connectivity index is 1.25. The largest absolute Gasteiger partial charge is 0.352 e. The zero-order valence-corrected chi connectivity index (χ0v) is 17.9. The number of hydrogen-bond acceptors (Lipinski definition) is 4. The average Bonchev–Trinajstić information content (AvgIpc) is 3.37. The fourth-order valence-corrected chi connectivity index (χ4v) is 3.73. The highest BCUT2D eigenvalue weighted by Gasteiger charge is 2.18. The van der Waals surface area contributed by atoms with Gasteiger partial charge in [0, 0.05) is 51.9 Å². The van der Waals surface area contributed by atoms with Gasteiger partial charge in [-0.25, -0.2) is 4.98 Å². The SMILES string of the molecule is CN=C(NCc1cccc(-c2ncn[nH]2)c1)N1CCN(C/C=C/c2ccccc2)CC1. The van der Waals surface area contributed by atoms with Crippen LogP contribution in [0, 0.1) is 0 Å². The molecule has 1 aromatic heterocycles. The van der Waals surface area contributed by atoms with E-state index in [1.165, 1.54) is 17.5 Å². The first kappa shape index (κ1) is 20.8. The van der Waals surface area contributed by atoms with Gasteiger partial charge < -0.3 is 10.2 Å². The van der Waals surface area contributed by atoms with Crippen molar-refractivity contribution >= 4 is 12.0 Å². The summed E-state index contributed by atoms with van der Waals surface area (Å²) in [7, 11) is 1.85. The summed E-state index contributed by atoms with van der Waals surface area (Å²) >= 11 is 0. The first-order chi connectivity index (χ1) is 15.3. The highest BCUT2D eigenvalue weighted by molar-refractivity contribution is 5.80. The maximum Gasteiger partial charge on any atom is 0.194 e. The Morgan fingerprint density at radius 2 is 1.94 bits per heavy atom. The van der Waals surface area contributed by atoms with Crippen molar-refractivity contribution in [2.75, 3.05) is 39.8 Å². The smallest absolute Gasteiger partial charge is 0.194 e. The molecule has 7 heteroatoms. The van der Waals surface area contributed by atoms with Crippen molar-refractivity contribution in [1.82, 2.24) is 30.3 Å². The number of aromatic nitrogens is 3. The Hall–Kier alpha value is -3.45. The minimum absolute atomic E-state index is 0.717. The van der Waals surface area contributed by atoms with Crippen LogP contribution in [0.25, 0.3) is 17.5 Å². The van der Waals surface area contributed by atoms with Gasteiger partial charge in [0.05, 0.1) is 0 Å². The third-order valence-electron chi connectivity index (χ3n) is 5.42. The molecule has 1 saturated heterocycles. The third kappa shape index (κ3) is 5.79. The van der Waals surface area contributed by atoms with E-state index in [0.717, 1.165) is 50.1 Å². The number of nitrogens with one attached hydrogen (secondary N) is 2. The summed E-state index contributed by atoms with van der Waals surface area (Å²) in [6.45, 7) is 5.69. The summed E-state index contributed by atoms with van der Waals surface area (Å²) in [5.41, 5.74) is 3.46. The molecule has 1 aliphatic heterocycles. The third-order valence-corrected chi connectivity index (χ3v) is 5.42. The quantitative estimate of drug-likeness (QED) is 0.478. The molecule has 0 bridgehead atoms. The molecule has 0 atom stereocenters. The maximum absolute atomic E-state index is 4.50. The lowest BCUT2D eigenvalue weighted by Gasteiger charge is -2.36. The molecule has 31 heavy (non-hydrogen) atoms. The van der Waals surface area contributed by atoms with Gasteiger partial charge in [-0.3, -0.25) is 15.0 Å². The van der Waals surface area contributed by atoms with Gasteiger partial charge in [-0.1, -0.05) is 60.7 Å². The van der Waals surface area contributed by atoms with Gasteiger partial charge >= 0.3 is 0 Å². The summed E-state index contributed by atoms with van der Waals surface area (Å²) in [6.07, 6.45) is 5.97. The number of benzene rings is 2. The Bertz CT molecular complexity index is 988. The minimum atomic E-state index is 0.717. The molecule has 160 valence electrons. The van der Waals surface area contributed by atoms with Gasteiger partial charge in [-0.05, 0) is 17.2 Å². The van der Waals surface area contributed by atoms with Gasteiger partial charge in [-0.15, -0.1) is 0 Å². The van der Waals surface area contributed by atoms with Gasteiger partial charge in [0.25, 0.3) is 0 Å². The van der Waals surface area contributed by atoms with Crippen molar-refractivity contribution < 1.29 is 0 Å². The van der Waals surface area contributed by atoms with E-state index in [-0.39, 0.29) is 0 Å². The van der Waals surface area contributed by atoms with Crippen LogP contribution in [0.4, 0.5) is 0 Å². The number of piperazine rings is 1. The van der Waals surface area contributed by atoms with E-state index < -0.39 is 0 Å². The topological polar surface area (TPSA) is 72.4 Å². The molecule has 2 aromatic carbocycles. The van der Waals surface area contributed by atoms with Crippen LogP contribution in [0.5, 0.6) is 0 Å². The summed E-state index contributed by atoms with van der Waals surface area (Å²) in [5, 5.41) is 10.3. The molecule has 0 spiro atoms. The maximum atomic E-state index is 4.50. The van der Waals surface area contributed by atoms with Gasteiger partial charge in [0.15, 0.2) is 11.8 Å².